The van der Waals surface area contributed by atoms with Crippen molar-refractivity contribution in [3.05, 3.63) is 0 Å². The number of carboxylic acid groups (broad SMARTS) is 1. The van der Waals surface area contributed by atoms with Gasteiger partial charge in [-0.25, -0.2) is 4.79 Å². The van der Waals surface area contributed by atoms with E-state index in [9.17, 15) is 14.4 Å². The Balaban J connectivity index is 4.01. The number of hydrogen-bond acceptors (Lipinski definition) is 4. The molecular formula is C8H15N3O4. The van der Waals surface area contributed by atoms with Crippen LogP contribution in [0.3, 0.4) is 0 Å². The number of imide groups is 1. The highest BCUT2D eigenvalue weighted by Crippen LogP contribution is 2.00. The van der Waals surface area contributed by atoms with Gasteiger partial charge in [0.1, 0.15) is 5.54 Å². The van der Waals surface area contributed by atoms with Gasteiger partial charge in [-0.3, -0.25) is 20.2 Å². The van der Waals surface area contributed by atoms with Gasteiger partial charge >= 0.3 is 12.0 Å². The lowest BCUT2D eigenvalue weighted by atomic mass is 10.1. The average Bonchev–Trinajstić information content (AvgIpc) is 2.14. The number of amides is 3. The Hall–Kier alpha value is -1.63. The summed E-state index contributed by atoms with van der Waals surface area (Å²) >= 11 is 0. The van der Waals surface area contributed by atoms with Gasteiger partial charge in [-0.2, -0.15) is 0 Å². The molecule has 0 aliphatic carbocycles. The van der Waals surface area contributed by atoms with Gasteiger partial charge in [0.2, 0.25) is 5.91 Å². The first-order valence-corrected chi connectivity index (χ1v) is 4.29. The van der Waals surface area contributed by atoms with Crippen molar-refractivity contribution in [2.24, 2.45) is 0 Å². The number of carbonyl (C=O) groups excluding carboxylic acids is 2. The van der Waals surface area contributed by atoms with E-state index in [1.165, 1.54) is 20.9 Å². The normalized spacial score (nSPS) is 10.6. The second-order valence-electron chi connectivity index (χ2n) is 3.41. The molecule has 0 aliphatic rings. The molecule has 0 aliphatic heterocycles. The number of aliphatic carboxylic acids is 1. The molecule has 4 N–H and O–H groups in total. The Morgan fingerprint density at radius 2 is 1.80 bits per heavy atom. The highest BCUT2D eigenvalue weighted by atomic mass is 16.4. The van der Waals surface area contributed by atoms with Crippen LogP contribution in [0.2, 0.25) is 0 Å². The minimum Gasteiger partial charge on any atom is -0.480 e. The molecule has 0 fully saturated rings. The van der Waals surface area contributed by atoms with Gasteiger partial charge in [0.15, 0.2) is 0 Å². The van der Waals surface area contributed by atoms with E-state index >= 15 is 0 Å². The summed E-state index contributed by atoms with van der Waals surface area (Å²) in [5.41, 5.74) is -1.21. The van der Waals surface area contributed by atoms with Crippen LogP contribution in [0.25, 0.3) is 0 Å². The third kappa shape index (κ3) is 4.96. The highest BCUT2D eigenvalue weighted by molar-refractivity contribution is 5.95. The maximum atomic E-state index is 11.1. The Bertz CT molecular complexity index is 275. The number of nitrogens with one attached hydrogen (secondary N) is 3. The number of hydrogen-bond donors (Lipinski definition) is 4. The molecule has 15 heavy (non-hydrogen) atoms. The second kappa shape index (κ2) is 5.30. The fourth-order valence-corrected chi connectivity index (χ4v) is 0.610. The van der Waals surface area contributed by atoms with Crippen LogP contribution in [0.15, 0.2) is 0 Å². The van der Waals surface area contributed by atoms with E-state index in [0.29, 0.717) is 0 Å². The molecule has 0 aromatic heterocycles. The molecule has 0 saturated heterocycles. The predicted molar refractivity (Wildman–Crippen MR) is 52.3 cm³/mol. The van der Waals surface area contributed by atoms with Crippen molar-refractivity contribution >= 4 is 17.9 Å². The van der Waals surface area contributed by atoms with Crippen LogP contribution in [0.1, 0.15) is 13.8 Å². The van der Waals surface area contributed by atoms with Crippen molar-refractivity contribution in [1.29, 1.82) is 0 Å². The van der Waals surface area contributed by atoms with Crippen LogP contribution in [-0.4, -0.2) is 42.1 Å². The number of urea groups is 1. The smallest absolute Gasteiger partial charge is 0.323 e. The quantitative estimate of drug-likeness (QED) is 0.478. The summed E-state index contributed by atoms with van der Waals surface area (Å²) in [5, 5.41) is 15.4. The summed E-state index contributed by atoms with van der Waals surface area (Å²) in [6, 6.07) is -0.630. The second-order valence-corrected chi connectivity index (χ2v) is 3.41. The zero-order chi connectivity index (χ0) is 12.1. The Morgan fingerprint density at radius 1 is 1.27 bits per heavy atom. The Kier molecular flexibility index (Phi) is 4.72. The third-order valence-corrected chi connectivity index (χ3v) is 1.71. The zero-order valence-corrected chi connectivity index (χ0v) is 8.88. The predicted octanol–water partition coefficient (Wildman–Crippen LogP) is -1.11. The van der Waals surface area contributed by atoms with Crippen molar-refractivity contribution in [1.82, 2.24) is 16.0 Å². The summed E-state index contributed by atoms with van der Waals surface area (Å²) in [4.78, 5) is 32.4. The summed E-state index contributed by atoms with van der Waals surface area (Å²) in [6.45, 7) is 2.59. The lowest BCUT2D eigenvalue weighted by Crippen LogP contribution is -2.51. The van der Waals surface area contributed by atoms with Gasteiger partial charge in [0.05, 0.1) is 6.54 Å². The average molecular weight is 217 g/mol. The van der Waals surface area contributed by atoms with E-state index in [0.717, 1.165) is 0 Å². The lowest BCUT2D eigenvalue weighted by Gasteiger charge is -2.20. The van der Waals surface area contributed by atoms with Gasteiger partial charge in [-0.15, -0.1) is 0 Å². The maximum Gasteiger partial charge on any atom is 0.323 e. The lowest BCUT2D eigenvalue weighted by molar-refractivity contribution is -0.143. The summed E-state index contributed by atoms with van der Waals surface area (Å²) in [6.07, 6.45) is 0. The molecule has 0 aromatic rings. The molecule has 7 heteroatoms. The number of carboxylic acids is 1. The molecule has 0 bridgehead atoms. The largest absolute Gasteiger partial charge is 0.480 e. The molecule has 86 valence electrons. The first kappa shape index (κ1) is 13.4. The Morgan fingerprint density at radius 3 is 2.20 bits per heavy atom. The molecule has 0 rings (SSSR count). The first-order chi connectivity index (χ1) is 6.79. The van der Waals surface area contributed by atoms with Gasteiger partial charge in [-0.1, -0.05) is 0 Å². The van der Waals surface area contributed by atoms with E-state index in [1.54, 1.807) is 0 Å². The summed E-state index contributed by atoms with van der Waals surface area (Å²) in [7, 11) is 1.37. The molecule has 0 spiro atoms. The van der Waals surface area contributed by atoms with E-state index in [1.807, 2.05) is 5.32 Å². The first-order valence-electron chi connectivity index (χ1n) is 4.29. The molecule has 0 saturated carbocycles. The Labute approximate surface area is 87.2 Å². The van der Waals surface area contributed by atoms with Crippen LogP contribution >= 0.6 is 0 Å². The van der Waals surface area contributed by atoms with E-state index in [-0.39, 0.29) is 6.54 Å². The van der Waals surface area contributed by atoms with Crippen molar-refractivity contribution in [2.75, 3.05) is 13.6 Å². The fraction of sp³-hybridized carbons (Fsp3) is 0.625. The molecule has 0 aromatic carbocycles. The SMILES string of the molecule is CNC(=O)NC(=O)CNC(C)(C)C(=O)O. The van der Waals surface area contributed by atoms with Gasteiger partial charge in [0, 0.05) is 7.05 Å². The third-order valence-electron chi connectivity index (χ3n) is 1.71. The van der Waals surface area contributed by atoms with Gasteiger partial charge in [0.25, 0.3) is 0 Å². The fourth-order valence-electron chi connectivity index (χ4n) is 0.610. The van der Waals surface area contributed by atoms with Crippen LogP contribution < -0.4 is 16.0 Å². The summed E-state index contributed by atoms with van der Waals surface area (Å²) < 4.78 is 0. The zero-order valence-electron chi connectivity index (χ0n) is 8.88. The van der Waals surface area contributed by atoms with Crippen LogP contribution in [0, 0.1) is 0 Å². The van der Waals surface area contributed by atoms with Gasteiger partial charge in [-0.05, 0) is 13.8 Å². The van der Waals surface area contributed by atoms with Crippen LogP contribution in [0.4, 0.5) is 4.79 Å². The maximum absolute atomic E-state index is 11.1. The minimum absolute atomic E-state index is 0.243. The van der Waals surface area contributed by atoms with Crippen molar-refractivity contribution in [3.8, 4) is 0 Å². The molecule has 7 nitrogen and oxygen atoms in total. The highest BCUT2D eigenvalue weighted by Gasteiger charge is 2.26. The standard InChI is InChI=1S/C8H15N3O4/c1-8(2,6(13)14)10-4-5(12)11-7(15)9-3/h10H,4H2,1-3H3,(H,13,14)(H2,9,11,12,15). The molecule has 0 unspecified atom stereocenters. The van der Waals surface area contributed by atoms with E-state index in [4.69, 9.17) is 5.11 Å². The molecule has 0 radical (unpaired) electrons. The number of rotatable bonds is 4. The van der Waals surface area contributed by atoms with Gasteiger partial charge < -0.3 is 10.4 Å². The summed E-state index contributed by atoms with van der Waals surface area (Å²) in [5.74, 6) is -1.67. The van der Waals surface area contributed by atoms with Crippen LogP contribution in [-0.2, 0) is 9.59 Å². The van der Waals surface area contributed by atoms with Crippen molar-refractivity contribution in [3.63, 3.8) is 0 Å². The van der Waals surface area contributed by atoms with E-state index in [2.05, 4.69) is 10.6 Å². The van der Waals surface area contributed by atoms with Crippen LogP contribution in [0.5, 0.6) is 0 Å². The number of carbonyl (C=O) groups is 3. The molecule has 3 amide bonds. The van der Waals surface area contributed by atoms with Crippen molar-refractivity contribution in [2.45, 2.75) is 19.4 Å². The van der Waals surface area contributed by atoms with E-state index < -0.39 is 23.4 Å². The topological polar surface area (TPSA) is 108 Å². The van der Waals surface area contributed by atoms with Crippen molar-refractivity contribution < 1.29 is 19.5 Å². The molecule has 0 heterocycles. The monoisotopic (exact) mass is 217 g/mol. The molecular weight excluding hydrogens is 202 g/mol. The minimum atomic E-state index is -1.21. The molecule has 0 atom stereocenters.